The Labute approximate surface area is 130 Å². The van der Waals surface area contributed by atoms with Crippen LogP contribution >= 0.6 is 0 Å². The van der Waals surface area contributed by atoms with Crippen LogP contribution in [0.15, 0.2) is 46.9 Å². The first-order chi connectivity index (χ1) is 10.6. The summed E-state index contributed by atoms with van der Waals surface area (Å²) in [5.74, 6) is 1.33. The van der Waals surface area contributed by atoms with Gasteiger partial charge >= 0.3 is 0 Å². The number of amides is 1. The molecule has 1 aromatic carbocycles. The van der Waals surface area contributed by atoms with Crippen molar-refractivity contribution >= 4 is 12.0 Å². The molecule has 1 amide bonds. The number of furan rings is 1. The molecular formula is C18H21NO3. The Bertz CT molecular complexity index is 644. The summed E-state index contributed by atoms with van der Waals surface area (Å²) in [5, 5.41) is 12.9. The molecule has 2 rings (SSSR count). The number of benzene rings is 1. The molecule has 2 N–H and O–H groups in total. The minimum absolute atomic E-state index is 0.170. The van der Waals surface area contributed by atoms with Crippen molar-refractivity contribution in [3.63, 3.8) is 0 Å². The van der Waals surface area contributed by atoms with Crippen molar-refractivity contribution in [3.8, 4) is 0 Å². The maximum Gasteiger partial charge on any atom is 0.244 e. The molecule has 1 aromatic heterocycles. The summed E-state index contributed by atoms with van der Waals surface area (Å²) in [6.07, 6.45) is 3.07. The molecule has 116 valence electrons. The Morgan fingerprint density at radius 2 is 2.05 bits per heavy atom. The number of aliphatic hydroxyl groups is 1. The van der Waals surface area contributed by atoms with Crippen molar-refractivity contribution in [1.82, 2.24) is 5.32 Å². The number of aliphatic hydroxyl groups excluding tert-OH is 1. The van der Waals surface area contributed by atoms with Gasteiger partial charge in [0.05, 0.1) is 6.10 Å². The summed E-state index contributed by atoms with van der Waals surface area (Å²) in [5.41, 5.74) is 1.76. The minimum atomic E-state index is -0.629. The Morgan fingerprint density at radius 1 is 1.32 bits per heavy atom. The lowest BCUT2D eigenvalue weighted by atomic mass is 10.1. The predicted octanol–water partition coefficient (Wildman–Crippen LogP) is 3.15. The second-order valence-electron chi connectivity index (χ2n) is 5.21. The Kier molecular flexibility index (Phi) is 5.55. The van der Waals surface area contributed by atoms with Gasteiger partial charge in [-0.2, -0.15) is 0 Å². The maximum absolute atomic E-state index is 11.7. The molecular weight excluding hydrogens is 278 g/mol. The van der Waals surface area contributed by atoms with Crippen LogP contribution in [0.2, 0.25) is 0 Å². The average molecular weight is 299 g/mol. The molecule has 0 bridgehead atoms. The van der Waals surface area contributed by atoms with Crippen molar-refractivity contribution in [2.45, 2.75) is 26.4 Å². The van der Waals surface area contributed by atoms with E-state index in [4.69, 9.17) is 4.42 Å². The lowest BCUT2D eigenvalue weighted by molar-refractivity contribution is -0.116. The molecule has 2 aromatic rings. The fraction of sp³-hybridized carbons (Fsp3) is 0.278. The van der Waals surface area contributed by atoms with E-state index in [9.17, 15) is 9.90 Å². The SMILES string of the molecule is Cc1cc([C@H](O)CCNC(=O)/C=C/c2ccccc2)c(C)o1. The van der Waals surface area contributed by atoms with Crippen molar-refractivity contribution in [2.75, 3.05) is 6.54 Å². The number of carbonyl (C=O) groups excluding carboxylic acids is 1. The third-order valence-electron chi connectivity index (χ3n) is 3.38. The zero-order valence-electron chi connectivity index (χ0n) is 12.9. The first-order valence-corrected chi connectivity index (χ1v) is 7.32. The topological polar surface area (TPSA) is 62.5 Å². The third-order valence-corrected chi connectivity index (χ3v) is 3.38. The fourth-order valence-corrected chi connectivity index (χ4v) is 2.26. The van der Waals surface area contributed by atoms with Gasteiger partial charge in [0.2, 0.25) is 5.91 Å². The van der Waals surface area contributed by atoms with Gasteiger partial charge < -0.3 is 14.8 Å². The van der Waals surface area contributed by atoms with E-state index in [2.05, 4.69) is 5.32 Å². The molecule has 1 atom stereocenters. The number of aryl methyl sites for hydroxylation is 2. The molecule has 4 nitrogen and oxygen atoms in total. The fourth-order valence-electron chi connectivity index (χ4n) is 2.26. The molecule has 22 heavy (non-hydrogen) atoms. The molecule has 0 spiro atoms. The summed E-state index contributed by atoms with van der Waals surface area (Å²) in [6, 6.07) is 11.5. The summed E-state index contributed by atoms with van der Waals surface area (Å²) in [7, 11) is 0. The number of nitrogens with one attached hydrogen (secondary N) is 1. The van der Waals surface area contributed by atoms with Crippen molar-refractivity contribution in [3.05, 3.63) is 65.1 Å². The van der Waals surface area contributed by atoms with E-state index >= 15 is 0 Å². The van der Waals surface area contributed by atoms with Crippen LogP contribution in [0.4, 0.5) is 0 Å². The number of hydrogen-bond acceptors (Lipinski definition) is 3. The smallest absolute Gasteiger partial charge is 0.244 e. The van der Waals surface area contributed by atoms with Crippen LogP contribution < -0.4 is 5.32 Å². The summed E-state index contributed by atoms with van der Waals surface area (Å²) in [6.45, 7) is 4.08. The highest BCUT2D eigenvalue weighted by molar-refractivity contribution is 5.91. The van der Waals surface area contributed by atoms with Gasteiger partial charge in [0.1, 0.15) is 11.5 Å². The summed E-state index contributed by atoms with van der Waals surface area (Å²) >= 11 is 0. The quantitative estimate of drug-likeness (QED) is 0.805. The third kappa shape index (κ3) is 4.60. The van der Waals surface area contributed by atoms with E-state index in [1.165, 1.54) is 6.08 Å². The van der Waals surface area contributed by atoms with Crippen molar-refractivity contribution in [1.29, 1.82) is 0 Å². The average Bonchev–Trinajstić information content (AvgIpc) is 2.85. The number of hydrogen-bond donors (Lipinski definition) is 2. The zero-order valence-corrected chi connectivity index (χ0v) is 12.9. The first-order valence-electron chi connectivity index (χ1n) is 7.32. The number of carbonyl (C=O) groups is 1. The van der Waals surface area contributed by atoms with Crippen LogP contribution in [0.25, 0.3) is 6.08 Å². The molecule has 1 heterocycles. The second kappa shape index (κ2) is 7.61. The largest absolute Gasteiger partial charge is 0.466 e. The normalized spacial score (nSPS) is 12.5. The van der Waals surface area contributed by atoms with E-state index in [-0.39, 0.29) is 5.91 Å². The molecule has 4 heteroatoms. The molecule has 0 saturated carbocycles. The maximum atomic E-state index is 11.7. The molecule has 0 saturated heterocycles. The molecule has 0 aliphatic rings. The van der Waals surface area contributed by atoms with E-state index < -0.39 is 6.10 Å². The Morgan fingerprint density at radius 3 is 2.68 bits per heavy atom. The molecule has 0 aliphatic heterocycles. The van der Waals surface area contributed by atoms with Gasteiger partial charge in [-0.3, -0.25) is 4.79 Å². The monoisotopic (exact) mass is 299 g/mol. The Balaban J connectivity index is 1.77. The van der Waals surface area contributed by atoms with E-state index in [0.717, 1.165) is 22.6 Å². The van der Waals surface area contributed by atoms with E-state index in [1.807, 2.05) is 50.2 Å². The predicted molar refractivity (Wildman–Crippen MR) is 86.2 cm³/mol. The molecule has 0 aliphatic carbocycles. The van der Waals surface area contributed by atoms with Crippen molar-refractivity contribution in [2.24, 2.45) is 0 Å². The highest BCUT2D eigenvalue weighted by Crippen LogP contribution is 2.23. The van der Waals surface area contributed by atoms with Crippen LogP contribution in [0.5, 0.6) is 0 Å². The van der Waals surface area contributed by atoms with Crippen LogP contribution in [-0.4, -0.2) is 17.6 Å². The van der Waals surface area contributed by atoms with Gasteiger partial charge in [-0.15, -0.1) is 0 Å². The highest BCUT2D eigenvalue weighted by atomic mass is 16.3. The van der Waals surface area contributed by atoms with Crippen molar-refractivity contribution < 1.29 is 14.3 Å². The second-order valence-corrected chi connectivity index (χ2v) is 5.21. The van der Waals surface area contributed by atoms with Crippen LogP contribution in [0, 0.1) is 13.8 Å². The van der Waals surface area contributed by atoms with E-state index in [0.29, 0.717) is 13.0 Å². The summed E-state index contributed by atoms with van der Waals surface area (Å²) < 4.78 is 5.39. The van der Waals surface area contributed by atoms with Crippen LogP contribution in [0.3, 0.4) is 0 Å². The minimum Gasteiger partial charge on any atom is -0.466 e. The van der Waals surface area contributed by atoms with Gasteiger partial charge in [-0.05, 0) is 38.0 Å². The van der Waals surface area contributed by atoms with E-state index in [1.54, 1.807) is 6.08 Å². The lowest BCUT2D eigenvalue weighted by Gasteiger charge is -2.09. The molecule has 0 radical (unpaired) electrons. The van der Waals surface area contributed by atoms with Gasteiger partial charge in [0.15, 0.2) is 0 Å². The lowest BCUT2D eigenvalue weighted by Crippen LogP contribution is -2.23. The van der Waals surface area contributed by atoms with Gasteiger partial charge in [-0.1, -0.05) is 30.3 Å². The highest BCUT2D eigenvalue weighted by Gasteiger charge is 2.14. The Hall–Kier alpha value is -2.33. The van der Waals surface area contributed by atoms with Crippen LogP contribution in [-0.2, 0) is 4.79 Å². The van der Waals surface area contributed by atoms with Gasteiger partial charge in [0.25, 0.3) is 0 Å². The standard InChI is InChI=1S/C18H21NO3/c1-13-12-16(14(2)22-13)17(20)10-11-19-18(21)9-8-15-6-4-3-5-7-15/h3-9,12,17,20H,10-11H2,1-2H3,(H,19,21)/b9-8+/t17-/m1/s1. The van der Waals surface area contributed by atoms with Gasteiger partial charge in [-0.25, -0.2) is 0 Å². The van der Waals surface area contributed by atoms with Gasteiger partial charge in [0, 0.05) is 18.2 Å². The van der Waals surface area contributed by atoms with Crippen LogP contribution in [0.1, 0.15) is 35.2 Å². The number of rotatable bonds is 6. The summed E-state index contributed by atoms with van der Waals surface area (Å²) in [4.78, 5) is 11.7. The molecule has 0 fully saturated rings. The zero-order chi connectivity index (χ0) is 15.9. The first kappa shape index (κ1) is 16.0. The molecule has 0 unspecified atom stereocenters.